The molecule has 0 saturated heterocycles. The maximum atomic E-state index is 13.5. The Morgan fingerprint density at radius 2 is 1.71 bits per heavy atom. The highest BCUT2D eigenvalue weighted by atomic mass is 32.2. The summed E-state index contributed by atoms with van der Waals surface area (Å²) in [5, 5.41) is 29.8. The second-order valence-electron chi connectivity index (χ2n) is 11.2. The van der Waals surface area contributed by atoms with Gasteiger partial charge in [-0.3, -0.25) is 20.1 Å². The van der Waals surface area contributed by atoms with Crippen molar-refractivity contribution in [1.29, 1.82) is 0 Å². The van der Waals surface area contributed by atoms with E-state index in [1.165, 1.54) is 31.6 Å². The zero-order valence-electron chi connectivity index (χ0n) is 30.4. The summed E-state index contributed by atoms with van der Waals surface area (Å²) in [4.78, 5) is 29.4. The van der Waals surface area contributed by atoms with E-state index >= 15 is 0 Å². The van der Waals surface area contributed by atoms with E-state index in [2.05, 4.69) is 51.7 Å². The molecule has 0 radical (unpaired) electrons. The van der Waals surface area contributed by atoms with Crippen molar-refractivity contribution in [2.24, 2.45) is 10.7 Å². The second kappa shape index (κ2) is 21.0. The monoisotopic (exact) mass is 800 g/mol. The maximum absolute atomic E-state index is 13.5. The standard InChI is InChI=1S/C33H40N10O12S/c1-21(2)24-9-10-28(36-20-24)56(47,48)40-30(34)29(55-27-8-6-5-7-26(27)49-4)32(37-22(3)23-11-12-35-25(19-23)31-38-41-42-39-31)51-16-17-53-33(44)52-15-13-50-14-18-54-43(45)46/h5-12,19-21,40,45-46H,3,13-18,34H2,1-2,4H3,(H,38,39,41,42)/b30-29-,37-32+. The van der Waals surface area contributed by atoms with Crippen LogP contribution >= 0.6 is 0 Å². The van der Waals surface area contributed by atoms with Gasteiger partial charge >= 0.3 is 6.16 Å². The number of nitrogens with two attached hydrogens (primary N) is 1. The summed E-state index contributed by atoms with van der Waals surface area (Å²) < 4.78 is 62.0. The number of benzene rings is 1. The highest BCUT2D eigenvalue weighted by Gasteiger charge is 2.25. The van der Waals surface area contributed by atoms with Gasteiger partial charge in [0.05, 0.1) is 38.0 Å². The summed E-state index contributed by atoms with van der Waals surface area (Å²) in [6.07, 6.45) is 1.84. The number of nitrogens with zero attached hydrogens (tertiary/aromatic N) is 7. The summed E-state index contributed by atoms with van der Waals surface area (Å²) in [5.41, 5.74) is 8.09. The van der Waals surface area contributed by atoms with Crippen LogP contribution in [0.15, 0.2) is 89.1 Å². The van der Waals surface area contributed by atoms with Crippen molar-refractivity contribution in [1.82, 2.24) is 40.7 Å². The van der Waals surface area contributed by atoms with Crippen molar-refractivity contribution < 1.29 is 56.9 Å². The highest BCUT2D eigenvalue weighted by Crippen LogP contribution is 2.29. The Morgan fingerprint density at radius 1 is 1.00 bits per heavy atom. The van der Waals surface area contributed by atoms with Crippen molar-refractivity contribution >= 4 is 27.8 Å². The lowest BCUT2D eigenvalue weighted by molar-refractivity contribution is -0.493. The zero-order chi connectivity index (χ0) is 40.5. The molecule has 1 aromatic carbocycles. The molecule has 4 aromatic rings. The molecular weight excluding hydrogens is 760 g/mol. The lowest BCUT2D eigenvalue weighted by Crippen LogP contribution is -2.33. The van der Waals surface area contributed by atoms with Gasteiger partial charge in [0.25, 0.3) is 15.9 Å². The van der Waals surface area contributed by atoms with E-state index in [1.54, 1.807) is 36.4 Å². The normalized spacial score (nSPS) is 12.2. The van der Waals surface area contributed by atoms with Crippen LogP contribution in [0.2, 0.25) is 0 Å². The lowest BCUT2D eigenvalue weighted by atomic mass is 10.1. The van der Waals surface area contributed by atoms with Crippen molar-refractivity contribution in [3.63, 3.8) is 0 Å². The molecule has 0 unspecified atom stereocenters. The average molecular weight is 801 g/mol. The molecular formula is C33H40N10O12S. The molecule has 23 heteroatoms. The van der Waals surface area contributed by atoms with Crippen LogP contribution in [-0.2, 0) is 33.8 Å². The van der Waals surface area contributed by atoms with Crippen LogP contribution < -0.4 is 19.9 Å². The molecule has 0 saturated carbocycles. The topological polar surface area (TPSA) is 290 Å². The van der Waals surface area contributed by atoms with Crippen LogP contribution in [0.1, 0.15) is 30.9 Å². The number of pyridine rings is 2. The molecule has 0 aliphatic heterocycles. The number of aromatic nitrogens is 6. The van der Waals surface area contributed by atoms with Gasteiger partial charge in [0.1, 0.15) is 25.5 Å². The van der Waals surface area contributed by atoms with Gasteiger partial charge in [-0.1, -0.05) is 38.6 Å². The van der Waals surface area contributed by atoms with Crippen molar-refractivity contribution in [2.45, 2.75) is 24.8 Å². The molecule has 0 amide bonds. The fourth-order valence-corrected chi connectivity index (χ4v) is 5.20. The van der Waals surface area contributed by atoms with Crippen molar-refractivity contribution in [2.75, 3.05) is 46.8 Å². The van der Waals surface area contributed by atoms with Gasteiger partial charge < -0.3 is 34.2 Å². The van der Waals surface area contributed by atoms with Gasteiger partial charge in [0.2, 0.25) is 5.76 Å². The maximum Gasteiger partial charge on any atom is 0.508 e. The number of aliphatic imine (C=N–C) groups is 1. The Hall–Kier alpha value is -6.24. The fraction of sp³-hybridized carbons (Fsp3) is 0.303. The number of hydrogen-bond donors (Lipinski definition) is 5. The first-order valence-electron chi connectivity index (χ1n) is 16.5. The Kier molecular flexibility index (Phi) is 15.9. The number of tetrazole rings is 1. The molecule has 0 fully saturated rings. The number of hydrogen-bond acceptors (Lipinski definition) is 20. The van der Waals surface area contributed by atoms with E-state index in [1.807, 2.05) is 13.8 Å². The highest BCUT2D eigenvalue weighted by molar-refractivity contribution is 7.89. The van der Waals surface area contributed by atoms with Crippen LogP contribution in [0.4, 0.5) is 4.79 Å². The number of nitrogens with one attached hydrogen (secondary N) is 2. The average Bonchev–Trinajstić information content (AvgIpc) is 3.73. The summed E-state index contributed by atoms with van der Waals surface area (Å²) in [5.74, 6) is -0.701. The van der Waals surface area contributed by atoms with Crippen LogP contribution in [0.3, 0.4) is 0 Å². The Labute approximate surface area is 320 Å². The number of carbonyl (C=O) groups excluding carboxylic acids is 1. The smallest absolute Gasteiger partial charge is 0.493 e. The first kappa shape index (κ1) is 42.5. The van der Waals surface area contributed by atoms with E-state index in [0.29, 0.717) is 11.3 Å². The second-order valence-corrected chi connectivity index (χ2v) is 12.9. The first-order chi connectivity index (χ1) is 26.9. The number of sulfonamides is 1. The van der Waals surface area contributed by atoms with E-state index in [4.69, 9.17) is 44.6 Å². The minimum absolute atomic E-state index is 0.0255. The third kappa shape index (κ3) is 13.0. The molecule has 6 N–H and O–H groups in total. The van der Waals surface area contributed by atoms with Crippen LogP contribution in [0, 0.1) is 0 Å². The predicted molar refractivity (Wildman–Crippen MR) is 193 cm³/mol. The largest absolute Gasteiger partial charge is 0.508 e. The molecule has 0 spiro atoms. The van der Waals surface area contributed by atoms with Crippen molar-refractivity contribution in [3.05, 3.63) is 90.2 Å². The Balaban J connectivity index is 1.63. The van der Waals surface area contributed by atoms with E-state index in [9.17, 15) is 13.2 Å². The minimum atomic E-state index is -4.40. The van der Waals surface area contributed by atoms with Crippen LogP contribution in [-0.4, -0.2) is 114 Å². The van der Waals surface area contributed by atoms with Gasteiger partial charge in [0, 0.05) is 18.0 Å². The predicted octanol–water partition coefficient (Wildman–Crippen LogP) is 2.54. The third-order valence-corrected chi connectivity index (χ3v) is 8.29. The molecule has 56 heavy (non-hydrogen) atoms. The summed E-state index contributed by atoms with van der Waals surface area (Å²) >= 11 is 0. The van der Waals surface area contributed by atoms with Gasteiger partial charge in [-0.25, -0.2) is 24.7 Å². The summed E-state index contributed by atoms with van der Waals surface area (Å²) in [6, 6.07) is 12.6. The van der Waals surface area contributed by atoms with E-state index < -0.39 is 39.0 Å². The van der Waals surface area contributed by atoms with Crippen LogP contribution in [0.5, 0.6) is 11.5 Å². The van der Waals surface area contributed by atoms with Crippen LogP contribution in [0.25, 0.3) is 17.2 Å². The van der Waals surface area contributed by atoms with Gasteiger partial charge in [-0.05, 0) is 52.2 Å². The van der Waals surface area contributed by atoms with Gasteiger partial charge in [-0.2, -0.15) is 8.42 Å². The number of para-hydroxylation sites is 2. The van der Waals surface area contributed by atoms with E-state index in [-0.39, 0.29) is 73.6 Å². The van der Waals surface area contributed by atoms with Gasteiger partial charge in [0.15, 0.2) is 28.2 Å². The number of carbonyl (C=O) groups is 1. The molecule has 300 valence electrons. The number of rotatable bonds is 21. The summed E-state index contributed by atoms with van der Waals surface area (Å²) in [6.45, 7) is 6.71. The lowest BCUT2D eigenvalue weighted by Gasteiger charge is -2.19. The van der Waals surface area contributed by atoms with Crippen molar-refractivity contribution in [3.8, 4) is 23.0 Å². The Bertz CT molecular complexity index is 2060. The molecule has 4 rings (SSSR count). The molecule has 22 nitrogen and oxygen atoms in total. The SMILES string of the molecule is C=C(/N=C(OCCOC(=O)OCCOCCON(O)O)\C(Oc1ccccc1OC)=C(/N)NS(=O)(=O)c1ccc(C(C)C)cn1)c1ccnc(-c2nnn[nH]2)c1. The first-order valence-corrected chi connectivity index (χ1v) is 17.9. The number of methoxy groups -OCH3 is 1. The molecule has 0 aliphatic rings. The summed E-state index contributed by atoms with van der Waals surface area (Å²) in [7, 11) is -3.00. The Morgan fingerprint density at radius 3 is 2.38 bits per heavy atom. The number of ether oxygens (including phenoxy) is 6. The molecule has 3 heterocycles. The molecule has 0 bridgehead atoms. The third-order valence-electron chi connectivity index (χ3n) is 7.01. The number of aromatic amines is 1. The quantitative estimate of drug-likeness (QED) is 0.0202. The molecule has 3 aromatic heterocycles. The van der Waals surface area contributed by atoms with Gasteiger partial charge in [-0.15, -0.1) is 5.10 Å². The fourth-order valence-electron chi connectivity index (χ4n) is 4.27. The van der Waals surface area contributed by atoms with E-state index in [0.717, 1.165) is 5.56 Å². The minimum Gasteiger partial charge on any atom is -0.493 e. The molecule has 0 atom stereocenters. The number of H-pyrrole nitrogens is 1. The molecule has 0 aliphatic carbocycles. The zero-order valence-corrected chi connectivity index (χ0v) is 31.2.